The number of carbonyl (C=O) groups excluding carboxylic acids is 1. The molecule has 1 aromatic rings. The summed E-state index contributed by atoms with van der Waals surface area (Å²) in [5, 5.41) is 2.75. The van der Waals surface area contributed by atoms with E-state index in [1.807, 2.05) is 20.8 Å². The maximum Gasteiger partial charge on any atom is 0.246 e. The first kappa shape index (κ1) is 13.6. The van der Waals surface area contributed by atoms with E-state index < -0.39 is 0 Å². The van der Waals surface area contributed by atoms with E-state index in [2.05, 4.69) is 5.32 Å². The summed E-state index contributed by atoms with van der Waals surface area (Å²) in [5.41, 5.74) is 0.739. The standard InChI is InChI=1S/C13H18FNO2/c1-9(2)17-8-13(16)15-10(3)11-5-4-6-12(14)7-11/h4-7,9-10H,8H2,1-3H3,(H,15,16)/t10-/m1/s1. The molecule has 0 spiro atoms. The van der Waals surface area contributed by atoms with Crippen LogP contribution in [0.1, 0.15) is 32.4 Å². The molecule has 1 rings (SSSR count). The van der Waals surface area contributed by atoms with Crippen LogP contribution < -0.4 is 5.32 Å². The molecule has 0 aliphatic heterocycles. The summed E-state index contributed by atoms with van der Waals surface area (Å²) in [7, 11) is 0. The quantitative estimate of drug-likeness (QED) is 0.857. The van der Waals surface area contributed by atoms with Gasteiger partial charge in [0.2, 0.25) is 5.91 Å². The predicted molar refractivity (Wildman–Crippen MR) is 64.0 cm³/mol. The highest BCUT2D eigenvalue weighted by atomic mass is 19.1. The van der Waals surface area contributed by atoms with Crippen molar-refractivity contribution in [1.82, 2.24) is 5.32 Å². The number of nitrogens with one attached hydrogen (secondary N) is 1. The molecule has 0 heterocycles. The Balaban J connectivity index is 2.48. The highest BCUT2D eigenvalue weighted by Gasteiger charge is 2.10. The van der Waals surface area contributed by atoms with Crippen molar-refractivity contribution >= 4 is 5.91 Å². The molecular formula is C13H18FNO2. The smallest absolute Gasteiger partial charge is 0.246 e. The summed E-state index contributed by atoms with van der Waals surface area (Å²) >= 11 is 0. The minimum atomic E-state index is -0.304. The first-order chi connectivity index (χ1) is 7.99. The molecule has 0 saturated carbocycles. The van der Waals surface area contributed by atoms with E-state index in [-0.39, 0.29) is 30.5 Å². The fraction of sp³-hybridized carbons (Fsp3) is 0.462. The zero-order valence-corrected chi connectivity index (χ0v) is 10.4. The normalized spacial score (nSPS) is 12.5. The van der Waals surface area contributed by atoms with Gasteiger partial charge in [-0.15, -0.1) is 0 Å². The summed E-state index contributed by atoms with van der Waals surface area (Å²) in [4.78, 5) is 11.5. The number of benzene rings is 1. The minimum absolute atomic E-state index is 0.0187. The summed E-state index contributed by atoms with van der Waals surface area (Å²) in [6.45, 7) is 5.56. The SMILES string of the molecule is CC(C)OCC(=O)N[C@H](C)c1cccc(F)c1. The highest BCUT2D eigenvalue weighted by molar-refractivity contribution is 5.77. The van der Waals surface area contributed by atoms with Gasteiger partial charge in [0.25, 0.3) is 0 Å². The second-order valence-electron chi connectivity index (χ2n) is 4.20. The second kappa shape index (κ2) is 6.35. The lowest BCUT2D eigenvalue weighted by Gasteiger charge is -2.15. The van der Waals surface area contributed by atoms with Crippen LogP contribution in [0.25, 0.3) is 0 Å². The lowest BCUT2D eigenvalue weighted by atomic mass is 10.1. The van der Waals surface area contributed by atoms with Crippen LogP contribution in [0.2, 0.25) is 0 Å². The lowest BCUT2D eigenvalue weighted by Crippen LogP contribution is -2.31. The molecule has 0 saturated heterocycles. The summed E-state index contributed by atoms with van der Waals surface area (Å²) in [6.07, 6.45) is 0.0187. The van der Waals surface area contributed by atoms with Gasteiger partial charge in [0, 0.05) is 0 Å². The average molecular weight is 239 g/mol. The largest absolute Gasteiger partial charge is 0.369 e. The Morgan fingerprint density at radius 2 is 2.12 bits per heavy atom. The van der Waals surface area contributed by atoms with Gasteiger partial charge in [-0.1, -0.05) is 12.1 Å². The lowest BCUT2D eigenvalue weighted by molar-refractivity contribution is -0.127. The van der Waals surface area contributed by atoms with Crippen LogP contribution in [-0.2, 0) is 9.53 Å². The molecule has 94 valence electrons. The molecule has 0 aromatic heterocycles. The van der Waals surface area contributed by atoms with Crippen molar-refractivity contribution in [1.29, 1.82) is 0 Å². The number of ether oxygens (including phenoxy) is 1. The summed E-state index contributed by atoms with van der Waals surface area (Å²) in [6, 6.07) is 5.96. The molecule has 4 heteroatoms. The Kier molecular flexibility index (Phi) is 5.10. The first-order valence-corrected chi connectivity index (χ1v) is 5.65. The second-order valence-corrected chi connectivity index (χ2v) is 4.20. The third-order valence-electron chi connectivity index (χ3n) is 2.27. The molecule has 17 heavy (non-hydrogen) atoms. The number of halogens is 1. The number of carbonyl (C=O) groups is 1. The van der Waals surface area contributed by atoms with Gasteiger partial charge in [0.1, 0.15) is 12.4 Å². The Morgan fingerprint density at radius 3 is 2.71 bits per heavy atom. The predicted octanol–water partition coefficient (Wildman–Crippen LogP) is 2.43. The fourth-order valence-electron chi connectivity index (χ4n) is 1.38. The van der Waals surface area contributed by atoms with Gasteiger partial charge in [-0.05, 0) is 38.5 Å². The van der Waals surface area contributed by atoms with Crippen molar-refractivity contribution in [2.24, 2.45) is 0 Å². The zero-order valence-electron chi connectivity index (χ0n) is 10.4. The van der Waals surface area contributed by atoms with Crippen molar-refractivity contribution in [2.45, 2.75) is 32.9 Å². The van der Waals surface area contributed by atoms with Crippen molar-refractivity contribution in [3.63, 3.8) is 0 Å². The van der Waals surface area contributed by atoms with E-state index in [9.17, 15) is 9.18 Å². The third-order valence-corrected chi connectivity index (χ3v) is 2.27. The Labute approximate surface area is 101 Å². The average Bonchev–Trinajstić information content (AvgIpc) is 2.26. The van der Waals surface area contributed by atoms with Crippen LogP contribution >= 0.6 is 0 Å². The van der Waals surface area contributed by atoms with E-state index in [0.29, 0.717) is 0 Å². The molecule has 1 amide bonds. The van der Waals surface area contributed by atoms with Gasteiger partial charge in [0.15, 0.2) is 0 Å². The number of hydrogen-bond acceptors (Lipinski definition) is 2. The fourth-order valence-corrected chi connectivity index (χ4v) is 1.38. The van der Waals surface area contributed by atoms with Gasteiger partial charge < -0.3 is 10.1 Å². The van der Waals surface area contributed by atoms with Crippen molar-refractivity contribution in [2.75, 3.05) is 6.61 Å². The molecule has 1 N–H and O–H groups in total. The number of hydrogen-bond donors (Lipinski definition) is 1. The van der Waals surface area contributed by atoms with Crippen LogP contribution in [0, 0.1) is 5.82 Å². The Hall–Kier alpha value is -1.42. The number of rotatable bonds is 5. The van der Waals surface area contributed by atoms with Crippen molar-refractivity contribution in [3.8, 4) is 0 Å². The molecule has 3 nitrogen and oxygen atoms in total. The van der Waals surface area contributed by atoms with E-state index in [4.69, 9.17) is 4.74 Å². The van der Waals surface area contributed by atoms with Crippen LogP contribution in [0.15, 0.2) is 24.3 Å². The molecule has 0 aliphatic carbocycles. The van der Waals surface area contributed by atoms with Crippen LogP contribution in [0.5, 0.6) is 0 Å². The summed E-state index contributed by atoms with van der Waals surface area (Å²) < 4.78 is 18.2. The van der Waals surface area contributed by atoms with Crippen molar-refractivity contribution in [3.05, 3.63) is 35.6 Å². The van der Waals surface area contributed by atoms with Gasteiger partial charge in [0.05, 0.1) is 12.1 Å². The maximum absolute atomic E-state index is 13.0. The van der Waals surface area contributed by atoms with Crippen LogP contribution in [-0.4, -0.2) is 18.6 Å². The van der Waals surface area contributed by atoms with Gasteiger partial charge in [-0.2, -0.15) is 0 Å². The molecular weight excluding hydrogens is 221 g/mol. The van der Waals surface area contributed by atoms with E-state index in [1.54, 1.807) is 12.1 Å². The van der Waals surface area contributed by atoms with Crippen molar-refractivity contribution < 1.29 is 13.9 Å². The van der Waals surface area contributed by atoms with E-state index in [0.717, 1.165) is 5.56 Å². The first-order valence-electron chi connectivity index (χ1n) is 5.65. The van der Waals surface area contributed by atoms with E-state index >= 15 is 0 Å². The Morgan fingerprint density at radius 1 is 1.41 bits per heavy atom. The molecule has 0 bridgehead atoms. The monoisotopic (exact) mass is 239 g/mol. The highest BCUT2D eigenvalue weighted by Crippen LogP contribution is 2.13. The topological polar surface area (TPSA) is 38.3 Å². The number of amides is 1. The maximum atomic E-state index is 13.0. The zero-order chi connectivity index (χ0) is 12.8. The molecule has 1 atom stereocenters. The molecule has 0 aliphatic rings. The van der Waals surface area contributed by atoms with E-state index in [1.165, 1.54) is 12.1 Å². The molecule has 0 radical (unpaired) electrons. The third kappa shape index (κ3) is 4.95. The Bertz CT molecular complexity index is 379. The van der Waals surface area contributed by atoms with Gasteiger partial charge in [-0.3, -0.25) is 4.79 Å². The molecule has 0 fully saturated rings. The van der Waals surface area contributed by atoms with Crippen LogP contribution in [0.3, 0.4) is 0 Å². The minimum Gasteiger partial charge on any atom is -0.369 e. The summed E-state index contributed by atoms with van der Waals surface area (Å²) in [5.74, 6) is -0.502. The molecule has 1 aromatic carbocycles. The van der Waals surface area contributed by atoms with Gasteiger partial charge in [-0.25, -0.2) is 4.39 Å². The molecule has 0 unspecified atom stereocenters. The van der Waals surface area contributed by atoms with Gasteiger partial charge >= 0.3 is 0 Å². The van der Waals surface area contributed by atoms with Crippen LogP contribution in [0.4, 0.5) is 4.39 Å².